The highest BCUT2D eigenvalue weighted by Gasteiger charge is 2.18. The number of aromatic nitrogens is 4. The van der Waals surface area contributed by atoms with Gasteiger partial charge in [0.05, 0.1) is 6.04 Å². The van der Waals surface area contributed by atoms with E-state index in [0.29, 0.717) is 6.54 Å². The Balaban J connectivity index is 1.99. The molecule has 1 atom stereocenters. The highest BCUT2D eigenvalue weighted by atomic mass is 16.2. The lowest BCUT2D eigenvalue weighted by atomic mass is 10.1. The van der Waals surface area contributed by atoms with E-state index in [2.05, 4.69) is 51.7 Å². The van der Waals surface area contributed by atoms with Gasteiger partial charge in [0.15, 0.2) is 0 Å². The van der Waals surface area contributed by atoms with Crippen molar-refractivity contribution >= 4 is 5.91 Å². The number of tetrazole rings is 1. The number of carbonyl (C=O) groups is 1. The fourth-order valence-electron chi connectivity index (χ4n) is 2.46. The Morgan fingerprint density at radius 3 is 2.59 bits per heavy atom. The van der Waals surface area contributed by atoms with Crippen LogP contribution >= 0.6 is 0 Å². The lowest BCUT2D eigenvalue weighted by Gasteiger charge is -2.30. The van der Waals surface area contributed by atoms with Crippen molar-refractivity contribution in [3.63, 3.8) is 0 Å². The molecule has 1 N–H and O–H groups in total. The summed E-state index contributed by atoms with van der Waals surface area (Å²) in [5, 5.41) is 13.7. The fraction of sp³-hybridized carbons (Fsp3) is 0.467. The standard InChI is InChI=1S/C15H22N6O/c1-3-20(4-2)14(13-8-6-5-7-9-13)10-16-15(22)11-21-12-17-18-19-21/h5-9,12,14H,3-4,10-11H2,1-2H3,(H,16,22). The van der Waals surface area contributed by atoms with Crippen molar-refractivity contribution in [2.24, 2.45) is 0 Å². The second-order valence-electron chi connectivity index (χ2n) is 4.96. The minimum Gasteiger partial charge on any atom is -0.353 e. The molecule has 2 rings (SSSR count). The van der Waals surface area contributed by atoms with Crippen LogP contribution in [0.3, 0.4) is 0 Å². The van der Waals surface area contributed by atoms with Gasteiger partial charge in [0.25, 0.3) is 0 Å². The van der Waals surface area contributed by atoms with Crippen LogP contribution in [0.5, 0.6) is 0 Å². The largest absolute Gasteiger partial charge is 0.353 e. The average Bonchev–Trinajstić information content (AvgIpc) is 3.05. The van der Waals surface area contributed by atoms with Gasteiger partial charge in [0.1, 0.15) is 12.9 Å². The molecule has 1 aromatic carbocycles. The van der Waals surface area contributed by atoms with Gasteiger partial charge < -0.3 is 5.32 Å². The topological polar surface area (TPSA) is 75.9 Å². The zero-order valence-corrected chi connectivity index (χ0v) is 13.0. The van der Waals surface area contributed by atoms with E-state index in [4.69, 9.17) is 0 Å². The number of hydrogen-bond donors (Lipinski definition) is 1. The van der Waals surface area contributed by atoms with E-state index in [9.17, 15) is 4.79 Å². The zero-order valence-electron chi connectivity index (χ0n) is 13.0. The van der Waals surface area contributed by atoms with Crippen LogP contribution in [0.15, 0.2) is 36.7 Å². The van der Waals surface area contributed by atoms with Crippen molar-refractivity contribution in [2.75, 3.05) is 19.6 Å². The summed E-state index contributed by atoms with van der Waals surface area (Å²) in [5.74, 6) is -0.0969. The van der Waals surface area contributed by atoms with Gasteiger partial charge in [0.2, 0.25) is 5.91 Å². The van der Waals surface area contributed by atoms with Crippen LogP contribution in [0.1, 0.15) is 25.5 Å². The molecular formula is C15H22N6O. The Morgan fingerprint density at radius 1 is 1.27 bits per heavy atom. The van der Waals surface area contributed by atoms with Gasteiger partial charge in [-0.3, -0.25) is 9.69 Å². The summed E-state index contributed by atoms with van der Waals surface area (Å²) >= 11 is 0. The molecule has 1 amide bonds. The van der Waals surface area contributed by atoms with Crippen LogP contribution < -0.4 is 5.32 Å². The van der Waals surface area contributed by atoms with Gasteiger partial charge in [-0.2, -0.15) is 0 Å². The molecule has 0 spiro atoms. The summed E-state index contributed by atoms with van der Waals surface area (Å²) in [6.45, 7) is 6.81. The Hall–Kier alpha value is -2.28. The molecule has 0 fully saturated rings. The minimum atomic E-state index is -0.0969. The molecule has 0 bridgehead atoms. The molecule has 118 valence electrons. The highest BCUT2D eigenvalue weighted by molar-refractivity contribution is 5.75. The highest BCUT2D eigenvalue weighted by Crippen LogP contribution is 2.19. The van der Waals surface area contributed by atoms with Gasteiger partial charge >= 0.3 is 0 Å². The molecule has 0 radical (unpaired) electrons. The average molecular weight is 302 g/mol. The maximum atomic E-state index is 12.0. The maximum Gasteiger partial charge on any atom is 0.241 e. The first kappa shape index (κ1) is 16.1. The first-order valence-electron chi connectivity index (χ1n) is 7.51. The Bertz CT molecular complexity index is 553. The number of nitrogens with one attached hydrogen (secondary N) is 1. The Labute approximate surface area is 130 Å². The number of rotatable bonds is 8. The van der Waals surface area contributed by atoms with Crippen molar-refractivity contribution in [2.45, 2.75) is 26.4 Å². The molecule has 1 heterocycles. The summed E-state index contributed by atoms with van der Waals surface area (Å²) in [4.78, 5) is 14.3. The smallest absolute Gasteiger partial charge is 0.241 e. The zero-order chi connectivity index (χ0) is 15.8. The predicted octanol–water partition coefficient (Wildman–Crippen LogP) is 0.872. The summed E-state index contributed by atoms with van der Waals surface area (Å²) in [5.41, 5.74) is 1.20. The fourth-order valence-corrected chi connectivity index (χ4v) is 2.46. The normalized spacial score (nSPS) is 12.3. The van der Waals surface area contributed by atoms with Crippen LogP contribution in [0.4, 0.5) is 0 Å². The van der Waals surface area contributed by atoms with Gasteiger partial charge in [-0.15, -0.1) is 5.10 Å². The van der Waals surface area contributed by atoms with E-state index in [1.807, 2.05) is 18.2 Å². The van der Waals surface area contributed by atoms with Gasteiger partial charge in [-0.05, 0) is 29.1 Å². The molecule has 0 saturated carbocycles. The van der Waals surface area contributed by atoms with Crippen LogP contribution in [0.2, 0.25) is 0 Å². The molecule has 0 aliphatic carbocycles. The van der Waals surface area contributed by atoms with Gasteiger partial charge in [-0.25, -0.2) is 4.68 Å². The maximum absolute atomic E-state index is 12.0. The third kappa shape index (κ3) is 4.36. The van der Waals surface area contributed by atoms with E-state index in [1.54, 1.807) is 0 Å². The Morgan fingerprint density at radius 2 is 2.00 bits per heavy atom. The Kier molecular flexibility index (Phi) is 6.02. The van der Waals surface area contributed by atoms with Crippen molar-refractivity contribution in [1.82, 2.24) is 30.4 Å². The quantitative estimate of drug-likeness (QED) is 0.783. The third-order valence-corrected chi connectivity index (χ3v) is 3.63. The lowest BCUT2D eigenvalue weighted by Crippen LogP contribution is -2.39. The van der Waals surface area contributed by atoms with E-state index < -0.39 is 0 Å². The van der Waals surface area contributed by atoms with Gasteiger partial charge in [-0.1, -0.05) is 44.2 Å². The SMILES string of the molecule is CCN(CC)C(CNC(=O)Cn1cnnn1)c1ccccc1. The first-order chi connectivity index (χ1) is 10.7. The van der Waals surface area contributed by atoms with Crippen LogP contribution in [-0.4, -0.2) is 50.6 Å². The summed E-state index contributed by atoms with van der Waals surface area (Å²) in [6, 6.07) is 10.4. The second-order valence-corrected chi connectivity index (χ2v) is 4.96. The molecule has 0 saturated heterocycles. The molecular weight excluding hydrogens is 280 g/mol. The monoisotopic (exact) mass is 302 g/mol. The number of hydrogen-bond acceptors (Lipinski definition) is 5. The molecule has 0 aliphatic rings. The minimum absolute atomic E-state index is 0.0969. The number of amides is 1. The molecule has 7 nitrogen and oxygen atoms in total. The number of carbonyl (C=O) groups excluding carboxylic acids is 1. The molecule has 1 unspecified atom stereocenters. The first-order valence-corrected chi connectivity index (χ1v) is 7.51. The van der Waals surface area contributed by atoms with Crippen LogP contribution in [0, 0.1) is 0 Å². The van der Waals surface area contributed by atoms with Crippen molar-refractivity contribution < 1.29 is 4.79 Å². The third-order valence-electron chi connectivity index (χ3n) is 3.63. The molecule has 22 heavy (non-hydrogen) atoms. The molecule has 1 aromatic heterocycles. The predicted molar refractivity (Wildman–Crippen MR) is 82.9 cm³/mol. The lowest BCUT2D eigenvalue weighted by molar-refractivity contribution is -0.122. The van der Waals surface area contributed by atoms with Crippen molar-refractivity contribution in [1.29, 1.82) is 0 Å². The van der Waals surface area contributed by atoms with E-state index in [-0.39, 0.29) is 18.5 Å². The number of likely N-dealkylation sites (N-methyl/N-ethyl adjacent to an activating group) is 1. The summed E-state index contributed by atoms with van der Waals surface area (Å²) in [6.07, 6.45) is 1.43. The molecule has 2 aromatic rings. The van der Waals surface area contributed by atoms with Gasteiger partial charge in [0, 0.05) is 6.54 Å². The van der Waals surface area contributed by atoms with Crippen LogP contribution in [-0.2, 0) is 11.3 Å². The molecule has 7 heteroatoms. The van der Waals surface area contributed by atoms with E-state index in [1.165, 1.54) is 16.6 Å². The number of benzene rings is 1. The number of nitrogens with zero attached hydrogens (tertiary/aromatic N) is 5. The second kappa shape index (κ2) is 8.23. The van der Waals surface area contributed by atoms with Crippen LogP contribution in [0.25, 0.3) is 0 Å². The summed E-state index contributed by atoms with van der Waals surface area (Å²) in [7, 11) is 0. The molecule has 0 aliphatic heterocycles. The van der Waals surface area contributed by atoms with Crippen molar-refractivity contribution in [3.05, 3.63) is 42.2 Å². The van der Waals surface area contributed by atoms with E-state index >= 15 is 0 Å². The summed E-state index contributed by atoms with van der Waals surface area (Å²) < 4.78 is 1.41. The van der Waals surface area contributed by atoms with E-state index in [0.717, 1.165) is 13.1 Å². The van der Waals surface area contributed by atoms with Crippen molar-refractivity contribution in [3.8, 4) is 0 Å².